The Bertz CT molecular complexity index is 469. The van der Waals surface area contributed by atoms with Gasteiger partial charge in [-0.05, 0) is 43.1 Å². The monoisotopic (exact) mass is 317 g/mol. The summed E-state index contributed by atoms with van der Waals surface area (Å²) in [7, 11) is 3.63. The van der Waals surface area contributed by atoms with Crippen molar-refractivity contribution in [3.63, 3.8) is 0 Å². The molecule has 0 atom stereocenters. The molecule has 1 fully saturated rings. The lowest BCUT2D eigenvalue weighted by Crippen LogP contribution is -2.47. The smallest absolute Gasteiger partial charge is 0.190 e. The van der Waals surface area contributed by atoms with Gasteiger partial charge in [0.1, 0.15) is 0 Å². The molecule has 1 aromatic rings. The van der Waals surface area contributed by atoms with Gasteiger partial charge in [-0.3, -0.25) is 4.99 Å². The van der Waals surface area contributed by atoms with Gasteiger partial charge in [-0.1, -0.05) is 36.8 Å². The van der Waals surface area contributed by atoms with Gasteiger partial charge in [0, 0.05) is 33.9 Å². The molecule has 1 saturated carbocycles. The van der Waals surface area contributed by atoms with E-state index in [0.717, 1.165) is 44.9 Å². The van der Waals surface area contributed by atoms with Crippen LogP contribution in [0.2, 0.25) is 0 Å². The van der Waals surface area contributed by atoms with Crippen LogP contribution in [0.25, 0.3) is 0 Å². The van der Waals surface area contributed by atoms with Crippen molar-refractivity contribution >= 4 is 5.96 Å². The number of ether oxygens (including phenoxy) is 1. The highest BCUT2D eigenvalue weighted by molar-refractivity contribution is 5.79. The average molecular weight is 317 g/mol. The van der Waals surface area contributed by atoms with Crippen LogP contribution >= 0.6 is 0 Å². The molecule has 0 aliphatic heterocycles. The number of hydrogen-bond acceptors (Lipinski definition) is 2. The predicted molar refractivity (Wildman–Crippen MR) is 96.9 cm³/mol. The maximum absolute atomic E-state index is 5.25. The van der Waals surface area contributed by atoms with E-state index in [9.17, 15) is 0 Å². The third-order valence-corrected chi connectivity index (χ3v) is 4.88. The standard InChI is InChI=1S/C19H31N3O/c1-20-18(21-14-6-10-17-8-4-3-5-9-17)22-16-19(11-7-12-19)13-15-23-2/h3-5,8-9H,6-7,10-16H2,1-2H3,(H2,20,21,22). The zero-order valence-corrected chi connectivity index (χ0v) is 14.6. The van der Waals surface area contributed by atoms with Gasteiger partial charge < -0.3 is 15.4 Å². The molecule has 23 heavy (non-hydrogen) atoms. The van der Waals surface area contributed by atoms with Gasteiger partial charge in [-0.15, -0.1) is 0 Å². The molecule has 128 valence electrons. The van der Waals surface area contributed by atoms with E-state index in [1.165, 1.54) is 24.8 Å². The second-order valence-electron chi connectivity index (χ2n) is 6.54. The Balaban J connectivity index is 1.65. The highest BCUT2D eigenvalue weighted by Crippen LogP contribution is 2.43. The first-order valence-electron chi connectivity index (χ1n) is 8.75. The van der Waals surface area contributed by atoms with Crippen LogP contribution in [0.3, 0.4) is 0 Å². The van der Waals surface area contributed by atoms with Crippen LogP contribution in [0.15, 0.2) is 35.3 Å². The first-order valence-corrected chi connectivity index (χ1v) is 8.75. The fraction of sp³-hybridized carbons (Fsp3) is 0.632. The average Bonchev–Trinajstić information content (AvgIpc) is 2.56. The highest BCUT2D eigenvalue weighted by atomic mass is 16.5. The molecular weight excluding hydrogens is 286 g/mol. The van der Waals surface area contributed by atoms with Crippen molar-refractivity contribution < 1.29 is 4.74 Å². The van der Waals surface area contributed by atoms with Crippen LogP contribution in [-0.2, 0) is 11.2 Å². The lowest BCUT2D eigenvalue weighted by atomic mass is 9.67. The molecule has 0 radical (unpaired) electrons. The van der Waals surface area contributed by atoms with Gasteiger partial charge >= 0.3 is 0 Å². The summed E-state index contributed by atoms with van der Waals surface area (Å²) >= 11 is 0. The molecule has 0 spiro atoms. The van der Waals surface area contributed by atoms with E-state index in [2.05, 4.69) is 46.0 Å². The molecular formula is C19H31N3O. The molecule has 0 bridgehead atoms. The Kier molecular flexibility index (Phi) is 7.40. The topological polar surface area (TPSA) is 45.7 Å². The maximum atomic E-state index is 5.25. The maximum Gasteiger partial charge on any atom is 0.190 e. The molecule has 0 aromatic heterocycles. The lowest BCUT2D eigenvalue weighted by molar-refractivity contribution is 0.0732. The molecule has 1 aliphatic rings. The van der Waals surface area contributed by atoms with E-state index in [4.69, 9.17) is 4.74 Å². The van der Waals surface area contributed by atoms with Gasteiger partial charge in [0.2, 0.25) is 0 Å². The van der Waals surface area contributed by atoms with Crippen LogP contribution in [0, 0.1) is 5.41 Å². The Labute approximate surface area is 140 Å². The van der Waals surface area contributed by atoms with Gasteiger partial charge in [0.25, 0.3) is 0 Å². The number of hydrogen-bond donors (Lipinski definition) is 2. The zero-order chi connectivity index (χ0) is 16.4. The minimum absolute atomic E-state index is 0.414. The van der Waals surface area contributed by atoms with Crippen molar-refractivity contribution in [3.8, 4) is 0 Å². The minimum Gasteiger partial charge on any atom is -0.385 e. The first-order chi connectivity index (χ1) is 11.3. The molecule has 2 N–H and O–H groups in total. The molecule has 2 rings (SSSR count). The van der Waals surface area contributed by atoms with Crippen molar-refractivity contribution in [3.05, 3.63) is 35.9 Å². The molecule has 0 unspecified atom stereocenters. The first kappa shape index (κ1) is 17.8. The number of nitrogens with one attached hydrogen (secondary N) is 2. The fourth-order valence-electron chi connectivity index (χ4n) is 3.15. The molecule has 4 heteroatoms. The van der Waals surface area contributed by atoms with Crippen molar-refractivity contribution in [2.75, 3.05) is 33.9 Å². The second-order valence-corrected chi connectivity index (χ2v) is 6.54. The van der Waals surface area contributed by atoms with Crippen LogP contribution in [-0.4, -0.2) is 39.8 Å². The van der Waals surface area contributed by atoms with E-state index in [0.29, 0.717) is 5.41 Å². The molecule has 0 amide bonds. The summed E-state index contributed by atoms with van der Waals surface area (Å²) in [6, 6.07) is 10.6. The largest absolute Gasteiger partial charge is 0.385 e. The Morgan fingerprint density at radius 3 is 2.61 bits per heavy atom. The molecule has 0 saturated heterocycles. The zero-order valence-electron chi connectivity index (χ0n) is 14.6. The second kappa shape index (κ2) is 9.56. The normalized spacial score (nSPS) is 16.7. The van der Waals surface area contributed by atoms with Crippen LogP contribution in [0.4, 0.5) is 0 Å². The van der Waals surface area contributed by atoms with Crippen molar-refractivity contribution in [1.82, 2.24) is 10.6 Å². The van der Waals surface area contributed by atoms with Crippen LogP contribution in [0.5, 0.6) is 0 Å². The number of aryl methyl sites for hydroxylation is 1. The Morgan fingerprint density at radius 2 is 2.00 bits per heavy atom. The summed E-state index contributed by atoms with van der Waals surface area (Å²) in [5, 5.41) is 6.93. The van der Waals surface area contributed by atoms with Gasteiger partial charge in [-0.25, -0.2) is 0 Å². The molecule has 4 nitrogen and oxygen atoms in total. The summed E-state index contributed by atoms with van der Waals surface area (Å²) < 4.78 is 5.25. The van der Waals surface area contributed by atoms with E-state index in [1.54, 1.807) is 7.11 Å². The van der Waals surface area contributed by atoms with Crippen molar-refractivity contribution in [1.29, 1.82) is 0 Å². The van der Waals surface area contributed by atoms with Gasteiger partial charge in [-0.2, -0.15) is 0 Å². The summed E-state index contributed by atoms with van der Waals surface area (Å²) in [6.07, 6.45) is 7.29. The summed E-state index contributed by atoms with van der Waals surface area (Å²) in [6.45, 7) is 2.79. The van der Waals surface area contributed by atoms with E-state index in [-0.39, 0.29) is 0 Å². The Morgan fingerprint density at radius 1 is 1.22 bits per heavy atom. The van der Waals surface area contributed by atoms with Gasteiger partial charge in [0.05, 0.1) is 0 Å². The number of nitrogens with zero attached hydrogens (tertiary/aromatic N) is 1. The van der Waals surface area contributed by atoms with E-state index < -0.39 is 0 Å². The van der Waals surface area contributed by atoms with Crippen molar-refractivity contribution in [2.24, 2.45) is 10.4 Å². The summed E-state index contributed by atoms with van der Waals surface area (Å²) in [5.74, 6) is 0.918. The quantitative estimate of drug-likeness (QED) is 0.418. The third-order valence-electron chi connectivity index (χ3n) is 4.88. The predicted octanol–water partition coefficient (Wildman–Crippen LogP) is 2.99. The van der Waals surface area contributed by atoms with E-state index in [1.807, 2.05) is 7.05 Å². The molecule has 1 aromatic carbocycles. The van der Waals surface area contributed by atoms with Gasteiger partial charge in [0.15, 0.2) is 5.96 Å². The SMILES string of the molecule is CN=C(NCCCc1ccccc1)NCC1(CCOC)CCC1. The minimum atomic E-state index is 0.414. The molecule has 0 heterocycles. The third kappa shape index (κ3) is 5.87. The van der Waals surface area contributed by atoms with Crippen molar-refractivity contribution in [2.45, 2.75) is 38.5 Å². The Hall–Kier alpha value is -1.55. The summed E-state index contributed by atoms with van der Waals surface area (Å²) in [4.78, 5) is 4.34. The number of methoxy groups -OCH3 is 1. The number of aliphatic imine (C=N–C) groups is 1. The summed E-state index contributed by atoms with van der Waals surface area (Å²) in [5.41, 5.74) is 1.81. The van der Waals surface area contributed by atoms with Crippen LogP contribution < -0.4 is 10.6 Å². The van der Waals surface area contributed by atoms with E-state index >= 15 is 0 Å². The lowest BCUT2D eigenvalue weighted by Gasteiger charge is -2.42. The number of rotatable bonds is 9. The number of guanidine groups is 1. The molecule has 1 aliphatic carbocycles. The fourth-order valence-corrected chi connectivity index (χ4v) is 3.15. The number of benzene rings is 1. The van der Waals surface area contributed by atoms with Crippen LogP contribution in [0.1, 0.15) is 37.7 Å². The highest BCUT2D eigenvalue weighted by Gasteiger charge is 2.36.